The minimum absolute atomic E-state index is 0.441. The van der Waals surface area contributed by atoms with Crippen LogP contribution in [0.15, 0.2) is 0 Å². The van der Waals surface area contributed by atoms with E-state index in [4.69, 9.17) is 0 Å². The third-order valence-corrected chi connectivity index (χ3v) is 4.05. The molecule has 1 nitrogen and oxygen atoms in total. The molecule has 0 aromatic heterocycles. The van der Waals surface area contributed by atoms with Crippen molar-refractivity contribution in [2.24, 2.45) is 0 Å². The van der Waals surface area contributed by atoms with Gasteiger partial charge in [-0.3, -0.25) is 4.79 Å². The van der Waals surface area contributed by atoms with Crippen molar-refractivity contribution in [2.45, 2.75) is 71.0 Å². The summed E-state index contributed by atoms with van der Waals surface area (Å²) < 4.78 is 0. The number of ketones is 1. The minimum Gasteiger partial charge on any atom is -0.299 e. The average Bonchev–Trinajstić information content (AvgIpc) is 2.25. The maximum atomic E-state index is 11.5. The van der Waals surface area contributed by atoms with Crippen LogP contribution in [0.1, 0.15) is 65.7 Å². The highest BCUT2D eigenvalue weighted by Crippen LogP contribution is 2.15. The largest absolute Gasteiger partial charge is 0.299 e. The minimum atomic E-state index is 0.441. The van der Waals surface area contributed by atoms with Crippen molar-refractivity contribution in [1.29, 1.82) is 0 Å². The zero-order valence-corrected chi connectivity index (χ0v) is 11.4. The van der Waals surface area contributed by atoms with Crippen LogP contribution < -0.4 is 0 Å². The molecule has 0 aromatic rings. The van der Waals surface area contributed by atoms with E-state index in [1.165, 1.54) is 25.7 Å². The molecule has 0 N–H and O–H groups in total. The van der Waals surface area contributed by atoms with Crippen molar-refractivity contribution in [3.63, 3.8) is 0 Å². The van der Waals surface area contributed by atoms with Crippen LogP contribution in [0.25, 0.3) is 0 Å². The van der Waals surface area contributed by atoms with Gasteiger partial charge < -0.3 is 0 Å². The number of hydrogen-bond acceptors (Lipinski definition) is 2. The summed E-state index contributed by atoms with van der Waals surface area (Å²) in [5.74, 6) is 1.17. The van der Waals surface area contributed by atoms with Crippen LogP contribution in [0.5, 0.6) is 0 Å². The Bertz CT molecular complexity index is 157. The summed E-state index contributed by atoms with van der Waals surface area (Å²) in [5.41, 5.74) is 0. The van der Waals surface area contributed by atoms with Crippen molar-refractivity contribution in [1.82, 2.24) is 0 Å². The van der Waals surface area contributed by atoms with E-state index in [9.17, 15) is 4.79 Å². The molecule has 0 amide bonds. The van der Waals surface area contributed by atoms with Crippen molar-refractivity contribution in [3.8, 4) is 0 Å². The number of unbranched alkanes of at least 4 members (excludes halogenated alkanes) is 4. The van der Waals surface area contributed by atoms with Gasteiger partial charge in [0.15, 0.2) is 0 Å². The quantitative estimate of drug-likeness (QED) is 0.516. The lowest BCUT2D eigenvalue weighted by atomic mass is 10.1. The van der Waals surface area contributed by atoms with Crippen molar-refractivity contribution in [3.05, 3.63) is 0 Å². The number of rotatable bonds is 10. The summed E-state index contributed by atoms with van der Waals surface area (Å²) in [6, 6.07) is 0. The molecule has 0 fully saturated rings. The normalized spacial score (nSPS) is 12.7. The Kier molecular flexibility index (Phi) is 10.5. The van der Waals surface area contributed by atoms with Crippen molar-refractivity contribution < 1.29 is 4.79 Å². The summed E-state index contributed by atoms with van der Waals surface area (Å²) in [7, 11) is 0. The first-order valence-electron chi connectivity index (χ1n) is 6.34. The average molecular weight is 230 g/mol. The third kappa shape index (κ3) is 10.3. The number of thioether (sulfide) groups is 1. The lowest BCUT2D eigenvalue weighted by Crippen LogP contribution is -2.05. The van der Waals surface area contributed by atoms with Gasteiger partial charge in [0.05, 0.1) is 5.75 Å². The van der Waals surface area contributed by atoms with E-state index in [0.29, 0.717) is 11.0 Å². The molecule has 0 saturated heterocycles. The van der Waals surface area contributed by atoms with Gasteiger partial charge in [-0.1, -0.05) is 46.5 Å². The molecule has 0 aliphatic heterocycles. The van der Waals surface area contributed by atoms with E-state index in [2.05, 4.69) is 20.8 Å². The maximum Gasteiger partial charge on any atom is 0.142 e. The van der Waals surface area contributed by atoms with E-state index in [1.54, 1.807) is 11.8 Å². The zero-order valence-electron chi connectivity index (χ0n) is 10.6. The summed E-state index contributed by atoms with van der Waals surface area (Å²) in [6.07, 6.45) is 8.17. The Hall–Kier alpha value is 0.0200. The van der Waals surface area contributed by atoms with Gasteiger partial charge in [-0.2, -0.15) is 11.8 Å². The lowest BCUT2D eigenvalue weighted by molar-refractivity contribution is -0.116. The molecule has 90 valence electrons. The Morgan fingerprint density at radius 3 is 2.40 bits per heavy atom. The second-order valence-corrected chi connectivity index (χ2v) is 5.66. The van der Waals surface area contributed by atoms with Gasteiger partial charge in [0.2, 0.25) is 0 Å². The highest BCUT2D eigenvalue weighted by atomic mass is 32.2. The molecule has 0 spiro atoms. The van der Waals surface area contributed by atoms with Crippen LogP contribution in [0.4, 0.5) is 0 Å². The van der Waals surface area contributed by atoms with Crippen molar-refractivity contribution in [2.75, 3.05) is 5.75 Å². The maximum absolute atomic E-state index is 11.5. The van der Waals surface area contributed by atoms with Gasteiger partial charge >= 0.3 is 0 Å². The SMILES string of the molecule is CCCCCCCC(=O)CSC(C)CC. The fourth-order valence-corrected chi connectivity index (χ4v) is 2.20. The molecule has 0 bridgehead atoms. The van der Waals surface area contributed by atoms with Gasteiger partial charge in [0, 0.05) is 11.7 Å². The third-order valence-electron chi connectivity index (χ3n) is 2.66. The molecular formula is C13H26OS. The van der Waals surface area contributed by atoms with Crippen LogP contribution in [-0.4, -0.2) is 16.8 Å². The van der Waals surface area contributed by atoms with Gasteiger partial charge in [-0.05, 0) is 12.8 Å². The standard InChI is InChI=1S/C13H26OS/c1-4-6-7-8-9-10-13(14)11-15-12(3)5-2/h12H,4-11H2,1-3H3. The second kappa shape index (κ2) is 10.5. The molecule has 0 aromatic carbocycles. The molecule has 0 rings (SSSR count). The number of carbonyl (C=O) groups excluding carboxylic acids is 1. The molecule has 1 atom stereocenters. The van der Waals surface area contributed by atoms with Crippen LogP contribution >= 0.6 is 11.8 Å². The molecule has 2 heteroatoms. The van der Waals surface area contributed by atoms with Crippen LogP contribution in [0, 0.1) is 0 Å². The van der Waals surface area contributed by atoms with Crippen LogP contribution in [0.3, 0.4) is 0 Å². The molecule has 0 radical (unpaired) electrons. The summed E-state index contributed by atoms with van der Waals surface area (Å²) in [4.78, 5) is 11.5. The van der Waals surface area contributed by atoms with E-state index in [1.807, 2.05) is 0 Å². The number of carbonyl (C=O) groups is 1. The topological polar surface area (TPSA) is 17.1 Å². The Balaban J connectivity index is 3.26. The number of hydrogen-bond donors (Lipinski definition) is 0. The first-order chi connectivity index (χ1) is 7.20. The predicted octanol–water partition coefficient (Wildman–Crippen LogP) is 4.45. The van der Waals surface area contributed by atoms with E-state index in [-0.39, 0.29) is 0 Å². The van der Waals surface area contributed by atoms with Gasteiger partial charge in [0.1, 0.15) is 5.78 Å². The van der Waals surface area contributed by atoms with Crippen LogP contribution in [-0.2, 0) is 4.79 Å². The van der Waals surface area contributed by atoms with E-state index < -0.39 is 0 Å². The van der Waals surface area contributed by atoms with Gasteiger partial charge in [-0.25, -0.2) is 0 Å². The summed E-state index contributed by atoms with van der Waals surface area (Å²) >= 11 is 1.80. The number of Topliss-reactive ketones (excluding diaryl/α,β-unsaturated/α-hetero) is 1. The molecule has 1 unspecified atom stereocenters. The molecule has 0 saturated carbocycles. The Morgan fingerprint density at radius 1 is 1.13 bits per heavy atom. The lowest BCUT2D eigenvalue weighted by Gasteiger charge is -2.06. The molecular weight excluding hydrogens is 204 g/mol. The molecule has 0 aliphatic rings. The second-order valence-electron chi connectivity index (χ2n) is 4.23. The molecule has 0 aliphatic carbocycles. The fraction of sp³-hybridized carbons (Fsp3) is 0.923. The first-order valence-corrected chi connectivity index (χ1v) is 7.38. The first kappa shape index (κ1) is 15.0. The van der Waals surface area contributed by atoms with E-state index >= 15 is 0 Å². The highest BCUT2D eigenvalue weighted by molar-refractivity contribution is 8.00. The van der Waals surface area contributed by atoms with Crippen molar-refractivity contribution >= 4 is 17.5 Å². The fourth-order valence-electron chi connectivity index (χ4n) is 1.35. The monoisotopic (exact) mass is 230 g/mol. The molecule has 15 heavy (non-hydrogen) atoms. The molecule has 0 heterocycles. The van der Waals surface area contributed by atoms with Gasteiger partial charge in [0.25, 0.3) is 0 Å². The van der Waals surface area contributed by atoms with E-state index in [0.717, 1.165) is 25.0 Å². The Labute approximate surface area is 99.4 Å². The summed E-state index contributed by atoms with van der Waals surface area (Å²) in [6.45, 7) is 6.58. The highest BCUT2D eigenvalue weighted by Gasteiger charge is 2.05. The summed E-state index contributed by atoms with van der Waals surface area (Å²) in [5, 5.41) is 0.633. The zero-order chi connectivity index (χ0) is 11.5. The smallest absolute Gasteiger partial charge is 0.142 e. The Morgan fingerprint density at radius 2 is 1.80 bits per heavy atom. The van der Waals surface area contributed by atoms with Gasteiger partial charge in [-0.15, -0.1) is 0 Å². The predicted molar refractivity (Wildman–Crippen MR) is 70.6 cm³/mol. The van der Waals surface area contributed by atoms with Crippen LogP contribution in [0.2, 0.25) is 0 Å².